The summed E-state index contributed by atoms with van der Waals surface area (Å²) in [4.78, 5) is 11.8. The first-order chi connectivity index (χ1) is 10.4. The number of anilines is 2. The molecule has 2 aromatic carbocycles. The molecule has 7 heteroatoms. The van der Waals surface area contributed by atoms with E-state index in [4.69, 9.17) is 0 Å². The maximum Gasteiger partial charge on any atom is 0.319 e. The summed E-state index contributed by atoms with van der Waals surface area (Å²) in [5, 5.41) is 5.41. The molecular weight excluding hydrogens is 302 g/mol. The Kier molecular flexibility index (Phi) is 5.00. The molecule has 0 heterocycles. The van der Waals surface area contributed by atoms with Crippen LogP contribution in [0.4, 0.5) is 16.2 Å². The van der Waals surface area contributed by atoms with Crippen molar-refractivity contribution in [2.75, 3.05) is 16.3 Å². The van der Waals surface area contributed by atoms with Crippen LogP contribution in [0.15, 0.2) is 54.6 Å². The van der Waals surface area contributed by atoms with E-state index in [1.807, 2.05) is 30.3 Å². The summed E-state index contributed by atoms with van der Waals surface area (Å²) >= 11 is 0. The highest BCUT2D eigenvalue weighted by molar-refractivity contribution is 7.92. The molecule has 116 valence electrons. The summed E-state index contributed by atoms with van der Waals surface area (Å²) in [6.45, 7) is 0.431. The molecule has 0 aromatic heterocycles. The molecule has 0 atom stereocenters. The van der Waals surface area contributed by atoms with Gasteiger partial charge in [-0.2, -0.15) is 0 Å². The van der Waals surface area contributed by atoms with Crippen LogP contribution in [0.25, 0.3) is 0 Å². The molecule has 0 spiro atoms. The summed E-state index contributed by atoms with van der Waals surface area (Å²) in [5.74, 6) is 0. The van der Waals surface area contributed by atoms with E-state index in [1.165, 1.54) is 0 Å². The summed E-state index contributed by atoms with van der Waals surface area (Å²) < 4.78 is 24.5. The third-order valence-corrected chi connectivity index (χ3v) is 3.35. The van der Waals surface area contributed by atoms with Gasteiger partial charge in [0.1, 0.15) is 0 Å². The Balaban J connectivity index is 1.86. The minimum absolute atomic E-state index is 0.326. The van der Waals surface area contributed by atoms with E-state index in [1.54, 1.807) is 24.3 Å². The average Bonchev–Trinajstić information content (AvgIpc) is 2.47. The maximum absolute atomic E-state index is 11.8. The van der Waals surface area contributed by atoms with Gasteiger partial charge < -0.3 is 10.6 Å². The smallest absolute Gasteiger partial charge is 0.319 e. The van der Waals surface area contributed by atoms with Crippen molar-refractivity contribution in [1.29, 1.82) is 0 Å². The van der Waals surface area contributed by atoms with E-state index >= 15 is 0 Å². The van der Waals surface area contributed by atoms with Gasteiger partial charge in [-0.15, -0.1) is 0 Å². The fourth-order valence-electron chi connectivity index (χ4n) is 1.79. The Bertz CT molecular complexity index is 728. The van der Waals surface area contributed by atoms with Crippen LogP contribution in [-0.4, -0.2) is 20.7 Å². The largest absolute Gasteiger partial charge is 0.334 e. The van der Waals surface area contributed by atoms with Crippen molar-refractivity contribution in [2.24, 2.45) is 0 Å². The van der Waals surface area contributed by atoms with Crippen LogP contribution < -0.4 is 15.4 Å². The normalized spacial score (nSPS) is 10.8. The quantitative estimate of drug-likeness (QED) is 0.790. The maximum atomic E-state index is 11.8. The molecule has 2 rings (SSSR count). The number of benzene rings is 2. The molecule has 2 amide bonds. The van der Waals surface area contributed by atoms with Crippen LogP contribution in [0, 0.1) is 0 Å². The van der Waals surface area contributed by atoms with Crippen LogP contribution >= 0.6 is 0 Å². The molecule has 6 nitrogen and oxygen atoms in total. The number of hydrogen-bond donors (Lipinski definition) is 3. The van der Waals surface area contributed by atoms with Crippen molar-refractivity contribution in [3.63, 3.8) is 0 Å². The predicted molar refractivity (Wildman–Crippen MR) is 87.2 cm³/mol. The summed E-state index contributed by atoms with van der Waals surface area (Å²) in [6, 6.07) is 15.6. The van der Waals surface area contributed by atoms with Gasteiger partial charge in [-0.25, -0.2) is 13.2 Å². The lowest BCUT2D eigenvalue weighted by Crippen LogP contribution is -2.28. The lowest BCUT2D eigenvalue weighted by Gasteiger charge is -2.09. The summed E-state index contributed by atoms with van der Waals surface area (Å²) in [5.41, 5.74) is 2.02. The molecule has 0 aliphatic carbocycles. The Labute approximate surface area is 129 Å². The third-order valence-electron chi connectivity index (χ3n) is 2.74. The van der Waals surface area contributed by atoms with Crippen LogP contribution in [-0.2, 0) is 16.6 Å². The van der Waals surface area contributed by atoms with Gasteiger partial charge in [-0.05, 0) is 29.8 Å². The Morgan fingerprint density at radius 3 is 2.14 bits per heavy atom. The minimum Gasteiger partial charge on any atom is -0.334 e. The molecule has 3 N–H and O–H groups in total. The fraction of sp³-hybridized carbons (Fsp3) is 0.133. The predicted octanol–water partition coefficient (Wildman–Crippen LogP) is 2.38. The lowest BCUT2D eigenvalue weighted by molar-refractivity contribution is 0.251. The number of sulfonamides is 1. The van der Waals surface area contributed by atoms with E-state index < -0.39 is 10.0 Å². The number of amides is 2. The van der Waals surface area contributed by atoms with Crippen molar-refractivity contribution in [3.05, 3.63) is 60.2 Å². The average molecular weight is 319 g/mol. The topological polar surface area (TPSA) is 87.3 Å². The van der Waals surface area contributed by atoms with Gasteiger partial charge >= 0.3 is 6.03 Å². The highest BCUT2D eigenvalue weighted by Crippen LogP contribution is 2.14. The molecule has 0 saturated carbocycles. The van der Waals surface area contributed by atoms with Crippen molar-refractivity contribution in [1.82, 2.24) is 5.32 Å². The first-order valence-corrected chi connectivity index (χ1v) is 8.48. The van der Waals surface area contributed by atoms with E-state index in [0.717, 1.165) is 11.8 Å². The fourth-order valence-corrected chi connectivity index (χ4v) is 2.35. The monoisotopic (exact) mass is 319 g/mol. The zero-order valence-corrected chi connectivity index (χ0v) is 12.9. The SMILES string of the molecule is CS(=O)(=O)Nc1ccc(NC(=O)NCc2ccccc2)cc1. The zero-order chi connectivity index (χ0) is 16.0. The number of urea groups is 1. The Morgan fingerprint density at radius 1 is 0.955 bits per heavy atom. The number of carbonyl (C=O) groups is 1. The van der Waals surface area contributed by atoms with E-state index in [-0.39, 0.29) is 6.03 Å². The number of hydrogen-bond acceptors (Lipinski definition) is 3. The molecule has 2 aromatic rings. The van der Waals surface area contributed by atoms with Gasteiger partial charge in [0.05, 0.1) is 6.26 Å². The minimum atomic E-state index is -3.30. The lowest BCUT2D eigenvalue weighted by atomic mass is 10.2. The molecule has 0 aliphatic rings. The third kappa shape index (κ3) is 5.45. The second-order valence-electron chi connectivity index (χ2n) is 4.74. The van der Waals surface area contributed by atoms with Crippen molar-refractivity contribution < 1.29 is 13.2 Å². The molecule has 0 fully saturated rings. The van der Waals surface area contributed by atoms with Crippen molar-refractivity contribution in [3.8, 4) is 0 Å². The highest BCUT2D eigenvalue weighted by atomic mass is 32.2. The van der Waals surface area contributed by atoms with Gasteiger partial charge in [-0.1, -0.05) is 30.3 Å². The number of rotatable bonds is 5. The Hall–Kier alpha value is -2.54. The molecule has 0 saturated heterocycles. The molecular formula is C15H17N3O3S. The van der Waals surface area contributed by atoms with Gasteiger partial charge in [-0.3, -0.25) is 4.72 Å². The van der Waals surface area contributed by atoms with Gasteiger partial charge in [0, 0.05) is 17.9 Å². The van der Waals surface area contributed by atoms with Crippen molar-refractivity contribution >= 4 is 27.4 Å². The molecule has 0 radical (unpaired) electrons. The van der Waals surface area contributed by atoms with E-state index in [9.17, 15) is 13.2 Å². The van der Waals surface area contributed by atoms with Gasteiger partial charge in [0.2, 0.25) is 10.0 Å². The highest BCUT2D eigenvalue weighted by Gasteiger charge is 2.04. The van der Waals surface area contributed by atoms with Crippen LogP contribution in [0.2, 0.25) is 0 Å². The second-order valence-corrected chi connectivity index (χ2v) is 6.49. The van der Waals surface area contributed by atoms with E-state index in [2.05, 4.69) is 15.4 Å². The summed E-state index contributed by atoms with van der Waals surface area (Å²) in [7, 11) is -3.30. The Morgan fingerprint density at radius 2 is 1.55 bits per heavy atom. The number of nitrogens with one attached hydrogen (secondary N) is 3. The van der Waals surface area contributed by atoms with Crippen LogP contribution in [0.3, 0.4) is 0 Å². The molecule has 0 aliphatic heterocycles. The molecule has 22 heavy (non-hydrogen) atoms. The zero-order valence-electron chi connectivity index (χ0n) is 12.0. The van der Waals surface area contributed by atoms with Crippen molar-refractivity contribution in [2.45, 2.75) is 6.54 Å². The standard InChI is InChI=1S/C15H17N3O3S/c1-22(20,21)18-14-9-7-13(8-10-14)17-15(19)16-11-12-5-3-2-4-6-12/h2-10,18H,11H2,1H3,(H2,16,17,19). The van der Waals surface area contributed by atoms with Crippen LogP contribution in [0.1, 0.15) is 5.56 Å². The second kappa shape index (κ2) is 6.95. The van der Waals surface area contributed by atoms with Gasteiger partial charge in [0.25, 0.3) is 0 Å². The molecule has 0 unspecified atom stereocenters. The first-order valence-electron chi connectivity index (χ1n) is 6.59. The van der Waals surface area contributed by atoms with Gasteiger partial charge in [0.15, 0.2) is 0 Å². The first kappa shape index (κ1) is 15.8. The number of carbonyl (C=O) groups excluding carboxylic acids is 1. The van der Waals surface area contributed by atoms with Crippen LogP contribution in [0.5, 0.6) is 0 Å². The summed E-state index contributed by atoms with van der Waals surface area (Å²) in [6.07, 6.45) is 1.08. The van der Waals surface area contributed by atoms with E-state index in [0.29, 0.717) is 17.9 Å². The molecule has 0 bridgehead atoms.